The van der Waals surface area contributed by atoms with Gasteiger partial charge in [0.1, 0.15) is 0 Å². The predicted molar refractivity (Wildman–Crippen MR) is 44.6 cm³/mol. The van der Waals surface area contributed by atoms with Gasteiger partial charge in [-0.05, 0) is 8.68 Å². The third kappa shape index (κ3) is 9.11. The van der Waals surface area contributed by atoms with Crippen LogP contribution in [0, 0.1) is 0 Å². The molecule has 0 aliphatic heterocycles. The first-order chi connectivity index (χ1) is 3.29. The molecule has 0 spiro atoms. The Morgan fingerprint density at radius 3 is 1.27 bits per heavy atom. The van der Waals surface area contributed by atoms with E-state index in [0.29, 0.717) is 8.68 Å². The fourth-order valence-corrected chi connectivity index (χ4v) is 1.22. The minimum Gasteiger partial charge on any atom is -0.406 e. The van der Waals surface area contributed by atoms with E-state index < -0.39 is 0 Å². The Hall–Kier alpha value is 1.19. The van der Waals surface area contributed by atoms with Crippen molar-refractivity contribution >= 4 is 36.6 Å². The normalized spacial score (nSPS) is 5.82. The predicted octanol–water partition coefficient (Wildman–Crippen LogP) is -4.37. The van der Waals surface area contributed by atoms with Gasteiger partial charge in [0, 0.05) is 0 Å². The first-order valence-electron chi connectivity index (χ1n) is 1.46. The van der Waals surface area contributed by atoms with Crippen LogP contribution in [-0.4, -0.2) is 10.2 Å². The van der Waals surface area contributed by atoms with Crippen LogP contribution in [0.4, 0.5) is 0 Å². The molecule has 54 valence electrons. The van der Waals surface area contributed by atoms with Crippen LogP contribution in [0.15, 0.2) is 8.68 Å². The van der Waals surface area contributed by atoms with Crippen molar-refractivity contribution in [2.24, 2.45) is 0 Å². The van der Waals surface area contributed by atoms with Gasteiger partial charge in [-0.25, -0.2) is 0 Å². The molecule has 0 aromatic carbocycles. The second kappa shape index (κ2) is 11.2. The molecule has 0 bridgehead atoms. The minimum atomic E-state index is 0. The summed E-state index contributed by atoms with van der Waals surface area (Å²) in [4.78, 5) is 0. The number of hydrogen-bond acceptors (Lipinski definition) is 5. The molecule has 0 fully saturated rings. The Bertz CT molecular complexity index is 154. The standard InChI is InChI=1S/C2H2N2S3.2CH4.2Li/c5-1-3-4-2(6)7-1;;;;/h(H,3,5)(H,4,6);2*1H4;;/q;;;2*+1/p-2. The second-order valence-corrected chi connectivity index (χ2v) is 3.10. The van der Waals surface area contributed by atoms with Crippen LogP contribution < -0.4 is 37.7 Å². The molecule has 0 saturated heterocycles. The van der Waals surface area contributed by atoms with Crippen molar-refractivity contribution < 1.29 is 37.7 Å². The van der Waals surface area contributed by atoms with E-state index in [1.807, 2.05) is 0 Å². The molecule has 7 heteroatoms. The molecule has 0 radical (unpaired) electrons. The van der Waals surface area contributed by atoms with Gasteiger partial charge in [-0.1, -0.05) is 14.9 Å². The van der Waals surface area contributed by atoms with Crippen molar-refractivity contribution in [2.45, 2.75) is 23.5 Å². The van der Waals surface area contributed by atoms with Crippen molar-refractivity contribution in [1.29, 1.82) is 0 Å². The summed E-state index contributed by atoms with van der Waals surface area (Å²) in [5.41, 5.74) is 0. The van der Waals surface area contributed by atoms with E-state index >= 15 is 0 Å². The molecule has 0 atom stereocenters. The Morgan fingerprint density at radius 2 is 1.18 bits per heavy atom. The van der Waals surface area contributed by atoms with E-state index in [9.17, 15) is 0 Å². The summed E-state index contributed by atoms with van der Waals surface area (Å²) < 4.78 is 1.04. The monoisotopic (exact) mass is 194 g/mol. The molecule has 0 amide bonds. The molecule has 1 aromatic heterocycles. The van der Waals surface area contributed by atoms with Gasteiger partial charge in [0.15, 0.2) is 0 Å². The summed E-state index contributed by atoms with van der Waals surface area (Å²) in [5, 5.41) is 6.99. The molecule has 2 nitrogen and oxygen atoms in total. The summed E-state index contributed by atoms with van der Waals surface area (Å²) in [6.07, 6.45) is 0. The van der Waals surface area contributed by atoms with Crippen molar-refractivity contribution in [3.05, 3.63) is 0 Å². The number of hydrogen-bond donors (Lipinski definition) is 0. The van der Waals surface area contributed by atoms with E-state index in [2.05, 4.69) is 35.5 Å². The van der Waals surface area contributed by atoms with E-state index in [0.717, 1.165) is 0 Å². The van der Waals surface area contributed by atoms with Gasteiger partial charge in [0.05, 0.1) is 0 Å². The average Bonchev–Trinajstić information content (AvgIpc) is 1.87. The molecule has 1 aromatic rings. The molecule has 0 saturated carbocycles. The van der Waals surface area contributed by atoms with Gasteiger partial charge in [-0.2, -0.15) is 10.2 Å². The fraction of sp³-hybridized carbons (Fsp3) is 0.500. The molecule has 0 aliphatic rings. The zero-order chi connectivity index (χ0) is 5.28. The minimum absolute atomic E-state index is 0. The number of rotatable bonds is 0. The molecule has 1 rings (SSSR count). The second-order valence-electron chi connectivity index (χ2n) is 0.834. The summed E-state index contributed by atoms with van der Waals surface area (Å²) in [7, 11) is 0. The molecular weight excluding hydrogens is 186 g/mol. The molecular formula is C4H8Li2N2S3. The maximum absolute atomic E-state index is 4.61. The van der Waals surface area contributed by atoms with Crippen LogP contribution in [0.1, 0.15) is 14.9 Å². The summed E-state index contributed by atoms with van der Waals surface area (Å²) in [5.74, 6) is 0. The maximum Gasteiger partial charge on any atom is 1.00 e. The maximum atomic E-state index is 4.61. The van der Waals surface area contributed by atoms with E-state index in [1.165, 1.54) is 11.3 Å². The Balaban J connectivity index is -0.0000000612. The van der Waals surface area contributed by atoms with Gasteiger partial charge in [-0.3, -0.25) is 0 Å². The SMILES string of the molecule is C.C.[Li+].[Li+].[S-]c1nnc([S-])s1. The average molecular weight is 194 g/mol. The fourth-order valence-electron chi connectivity index (χ4n) is 0.197. The Morgan fingerprint density at radius 1 is 0.909 bits per heavy atom. The zero-order valence-electron chi connectivity index (χ0n) is 5.12. The topological polar surface area (TPSA) is 25.8 Å². The zero-order valence-corrected chi connectivity index (χ0v) is 7.57. The van der Waals surface area contributed by atoms with Crippen molar-refractivity contribution in [3.63, 3.8) is 0 Å². The molecule has 0 aliphatic carbocycles. The van der Waals surface area contributed by atoms with Crippen molar-refractivity contribution in [1.82, 2.24) is 10.2 Å². The summed E-state index contributed by atoms with van der Waals surface area (Å²) in [6, 6.07) is 0. The Kier molecular flexibility index (Phi) is 23.2. The van der Waals surface area contributed by atoms with Crippen LogP contribution in [-0.2, 0) is 25.3 Å². The smallest absolute Gasteiger partial charge is 0.406 e. The van der Waals surface area contributed by atoms with Crippen LogP contribution in [0.5, 0.6) is 0 Å². The molecule has 0 N–H and O–H groups in total. The molecule has 0 unspecified atom stereocenters. The van der Waals surface area contributed by atoms with Gasteiger partial charge in [-0.15, -0.1) is 0 Å². The van der Waals surface area contributed by atoms with Gasteiger partial charge >= 0.3 is 37.7 Å². The van der Waals surface area contributed by atoms with E-state index in [1.54, 1.807) is 0 Å². The van der Waals surface area contributed by atoms with Crippen LogP contribution in [0.2, 0.25) is 0 Å². The van der Waals surface area contributed by atoms with Crippen molar-refractivity contribution in [2.75, 3.05) is 0 Å². The van der Waals surface area contributed by atoms with Gasteiger partial charge < -0.3 is 36.6 Å². The quantitative estimate of drug-likeness (QED) is 0.308. The Labute approximate surface area is 107 Å². The number of nitrogens with zero attached hydrogens (tertiary/aromatic N) is 2. The third-order valence-corrected chi connectivity index (χ3v) is 1.56. The van der Waals surface area contributed by atoms with Crippen molar-refractivity contribution in [3.8, 4) is 0 Å². The third-order valence-electron chi connectivity index (χ3n) is 0.388. The van der Waals surface area contributed by atoms with Gasteiger partial charge in [0.2, 0.25) is 0 Å². The van der Waals surface area contributed by atoms with E-state index in [-0.39, 0.29) is 52.6 Å². The first-order valence-corrected chi connectivity index (χ1v) is 3.10. The van der Waals surface area contributed by atoms with Crippen LogP contribution in [0.25, 0.3) is 0 Å². The first kappa shape index (κ1) is 22.8. The van der Waals surface area contributed by atoms with Gasteiger partial charge in [0.25, 0.3) is 0 Å². The van der Waals surface area contributed by atoms with Crippen LogP contribution >= 0.6 is 11.3 Å². The number of aromatic nitrogens is 2. The van der Waals surface area contributed by atoms with Crippen LogP contribution in [0.3, 0.4) is 0 Å². The van der Waals surface area contributed by atoms with E-state index in [4.69, 9.17) is 0 Å². The molecule has 1 heterocycles. The molecule has 11 heavy (non-hydrogen) atoms. The summed E-state index contributed by atoms with van der Waals surface area (Å²) in [6.45, 7) is 0. The largest absolute Gasteiger partial charge is 1.00 e. The summed E-state index contributed by atoms with van der Waals surface area (Å²) >= 11 is 10.5.